The summed E-state index contributed by atoms with van der Waals surface area (Å²) in [6, 6.07) is 0. The van der Waals surface area contributed by atoms with E-state index >= 15 is 0 Å². The van der Waals surface area contributed by atoms with Gasteiger partial charge in [0.2, 0.25) is 0 Å². The number of carbonyl (C=O) groups excluding carboxylic acids is 1. The molecule has 16 heavy (non-hydrogen) atoms. The van der Waals surface area contributed by atoms with E-state index in [0.29, 0.717) is 26.4 Å². The molecule has 1 atom stereocenters. The molecule has 0 aliphatic heterocycles. The molecule has 0 aliphatic rings. The Morgan fingerprint density at radius 3 is 2.00 bits per heavy atom. The highest BCUT2D eigenvalue weighted by atomic mass is 127. The number of halogens is 1. The monoisotopic (exact) mass is 346 g/mol. The summed E-state index contributed by atoms with van der Waals surface area (Å²) in [7, 11) is 0. The second-order valence-corrected chi connectivity index (χ2v) is 4.72. The van der Waals surface area contributed by atoms with Gasteiger partial charge in [0.25, 0.3) is 0 Å². The summed E-state index contributed by atoms with van der Waals surface area (Å²) in [5, 5.41) is 0. The molecule has 0 aromatic carbocycles. The SMILES string of the molecule is CCOCC(COCC)OC(=O)OC(C)I. The molecule has 0 bridgehead atoms. The van der Waals surface area contributed by atoms with Crippen LogP contribution in [0, 0.1) is 0 Å². The van der Waals surface area contributed by atoms with Crippen LogP contribution < -0.4 is 0 Å². The molecular weight excluding hydrogens is 327 g/mol. The quantitative estimate of drug-likeness (QED) is 0.384. The lowest BCUT2D eigenvalue weighted by atomic mass is 10.4. The minimum atomic E-state index is -0.689. The number of alkyl halides is 1. The van der Waals surface area contributed by atoms with Crippen molar-refractivity contribution in [3.63, 3.8) is 0 Å². The number of carbonyl (C=O) groups is 1. The van der Waals surface area contributed by atoms with Crippen LogP contribution >= 0.6 is 22.6 Å². The molecule has 0 spiro atoms. The Morgan fingerprint density at radius 2 is 1.62 bits per heavy atom. The maximum absolute atomic E-state index is 11.2. The van der Waals surface area contributed by atoms with E-state index in [4.69, 9.17) is 18.9 Å². The smallest absolute Gasteiger partial charge is 0.426 e. The van der Waals surface area contributed by atoms with Crippen LogP contribution in [0.5, 0.6) is 0 Å². The zero-order valence-electron chi connectivity index (χ0n) is 9.90. The van der Waals surface area contributed by atoms with E-state index in [9.17, 15) is 4.79 Å². The standard InChI is InChI=1S/C10H19IO5/c1-4-13-6-9(7-14-5-2)16-10(12)15-8(3)11/h8-9H,4-7H2,1-3H3. The molecule has 0 fully saturated rings. The van der Waals surface area contributed by atoms with Gasteiger partial charge >= 0.3 is 6.16 Å². The minimum Gasteiger partial charge on any atom is -0.426 e. The predicted octanol–water partition coefficient (Wildman–Crippen LogP) is 2.36. The molecule has 0 aliphatic carbocycles. The highest BCUT2D eigenvalue weighted by molar-refractivity contribution is 14.1. The minimum absolute atomic E-state index is 0.218. The zero-order chi connectivity index (χ0) is 12.4. The fourth-order valence-electron chi connectivity index (χ4n) is 0.911. The summed E-state index contributed by atoms with van der Waals surface area (Å²) >= 11 is 1.98. The molecule has 5 nitrogen and oxygen atoms in total. The fraction of sp³-hybridized carbons (Fsp3) is 0.900. The van der Waals surface area contributed by atoms with Crippen molar-refractivity contribution in [2.45, 2.75) is 31.0 Å². The van der Waals surface area contributed by atoms with Crippen LogP contribution in [-0.4, -0.2) is 42.8 Å². The topological polar surface area (TPSA) is 54.0 Å². The van der Waals surface area contributed by atoms with Gasteiger partial charge in [-0.05, 0) is 43.4 Å². The van der Waals surface area contributed by atoms with E-state index < -0.39 is 12.3 Å². The maximum atomic E-state index is 11.2. The molecule has 96 valence electrons. The van der Waals surface area contributed by atoms with Gasteiger partial charge < -0.3 is 18.9 Å². The first kappa shape index (κ1) is 15.9. The van der Waals surface area contributed by atoms with Gasteiger partial charge in [-0.15, -0.1) is 0 Å². The third-order valence-electron chi connectivity index (χ3n) is 1.54. The molecule has 0 saturated carbocycles. The number of rotatable bonds is 8. The van der Waals surface area contributed by atoms with Crippen LogP contribution in [0.25, 0.3) is 0 Å². The van der Waals surface area contributed by atoms with Gasteiger partial charge in [-0.3, -0.25) is 0 Å². The summed E-state index contributed by atoms with van der Waals surface area (Å²) in [6.45, 7) is 7.30. The molecular formula is C10H19IO5. The van der Waals surface area contributed by atoms with Crippen molar-refractivity contribution in [2.24, 2.45) is 0 Å². The third kappa shape index (κ3) is 9.17. The van der Waals surface area contributed by atoms with Crippen molar-refractivity contribution in [1.82, 2.24) is 0 Å². The Hall–Kier alpha value is -0.0800. The first-order chi connectivity index (χ1) is 7.60. The average Bonchev–Trinajstić information content (AvgIpc) is 2.20. The number of hydrogen-bond acceptors (Lipinski definition) is 5. The van der Waals surface area contributed by atoms with Crippen molar-refractivity contribution < 1.29 is 23.7 Å². The van der Waals surface area contributed by atoms with Crippen molar-refractivity contribution in [1.29, 1.82) is 0 Å². The molecule has 0 aromatic rings. The van der Waals surface area contributed by atoms with Crippen LogP contribution in [0.3, 0.4) is 0 Å². The summed E-state index contributed by atoms with van der Waals surface area (Å²) in [4.78, 5) is 11.2. The second-order valence-electron chi connectivity index (χ2n) is 2.97. The predicted molar refractivity (Wildman–Crippen MR) is 67.8 cm³/mol. The van der Waals surface area contributed by atoms with Crippen LogP contribution in [0.15, 0.2) is 0 Å². The van der Waals surface area contributed by atoms with E-state index in [-0.39, 0.29) is 4.11 Å². The lowest BCUT2D eigenvalue weighted by Crippen LogP contribution is -2.29. The molecule has 6 heteroatoms. The molecule has 0 radical (unpaired) electrons. The lowest BCUT2D eigenvalue weighted by molar-refractivity contribution is -0.0483. The van der Waals surface area contributed by atoms with Crippen LogP contribution in [0.4, 0.5) is 4.79 Å². The summed E-state index contributed by atoms with van der Waals surface area (Å²) in [6.07, 6.45) is -1.10. The van der Waals surface area contributed by atoms with Crippen molar-refractivity contribution in [2.75, 3.05) is 26.4 Å². The number of hydrogen-bond donors (Lipinski definition) is 0. The van der Waals surface area contributed by atoms with Gasteiger partial charge in [0.1, 0.15) is 0 Å². The summed E-state index contributed by atoms with van der Waals surface area (Å²) < 4.78 is 20.1. The lowest BCUT2D eigenvalue weighted by Gasteiger charge is -2.17. The normalized spacial score (nSPS) is 12.6. The molecule has 0 saturated heterocycles. The highest BCUT2D eigenvalue weighted by Gasteiger charge is 2.17. The van der Waals surface area contributed by atoms with E-state index in [2.05, 4.69) is 0 Å². The molecule has 0 amide bonds. The fourth-order valence-corrected chi connectivity index (χ4v) is 1.12. The molecule has 0 aromatic heterocycles. The Kier molecular flexibility index (Phi) is 10.0. The Balaban J connectivity index is 3.92. The van der Waals surface area contributed by atoms with Gasteiger partial charge in [-0.2, -0.15) is 0 Å². The van der Waals surface area contributed by atoms with Crippen molar-refractivity contribution >= 4 is 28.7 Å². The van der Waals surface area contributed by atoms with Crippen molar-refractivity contribution in [3.05, 3.63) is 0 Å². The van der Waals surface area contributed by atoms with Gasteiger partial charge in [0.15, 0.2) is 10.2 Å². The Morgan fingerprint density at radius 1 is 1.12 bits per heavy atom. The Bertz CT molecular complexity index is 178. The van der Waals surface area contributed by atoms with Gasteiger partial charge in [0, 0.05) is 13.2 Å². The zero-order valence-corrected chi connectivity index (χ0v) is 12.1. The van der Waals surface area contributed by atoms with Crippen LogP contribution in [0.2, 0.25) is 0 Å². The van der Waals surface area contributed by atoms with E-state index in [0.717, 1.165) is 0 Å². The second kappa shape index (κ2) is 10.1. The third-order valence-corrected chi connectivity index (χ3v) is 1.79. The van der Waals surface area contributed by atoms with Gasteiger partial charge in [-0.1, -0.05) is 0 Å². The summed E-state index contributed by atoms with van der Waals surface area (Å²) in [5.41, 5.74) is 0. The first-order valence-corrected chi connectivity index (χ1v) is 6.51. The number of ether oxygens (including phenoxy) is 4. The summed E-state index contributed by atoms with van der Waals surface area (Å²) in [5.74, 6) is 0. The van der Waals surface area contributed by atoms with E-state index in [1.165, 1.54) is 0 Å². The van der Waals surface area contributed by atoms with Crippen LogP contribution in [-0.2, 0) is 18.9 Å². The van der Waals surface area contributed by atoms with Crippen molar-refractivity contribution in [3.8, 4) is 0 Å². The van der Waals surface area contributed by atoms with Crippen LogP contribution in [0.1, 0.15) is 20.8 Å². The Labute approximate surface area is 110 Å². The van der Waals surface area contributed by atoms with Gasteiger partial charge in [0.05, 0.1) is 13.2 Å². The maximum Gasteiger partial charge on any atom is 0.509 e. The highest BCUT2D eigenvalue weighted by Crippen LogP contribution is 2.05. The van der Waals surface area contributed by atoms with E-state index in [1.807, 2.05) is 36.4 Å². The average molecular weight is 346 g/mol. The first-order valence-electron chi connectivity index (χ1n) is 5.26. The van der Waals surface area contributed by atoms with Gasteiger partial charge in [-0.25, -0.2) is 4.79 Å². The molecule has 0 heterocycles. The molecule has 1 unspecified atom stereocenters. The largest absolute Gasteiger partial charge is 0.509 e. The van der Waals surface area contributed by atoms with E-state index in [1.54, 1.807) is 6.92 Å². The molecule has 0 rings (SSSR count). The molecule has 0 N–H and O–H groups in total.